The summed E-state index contributed by atoms with van der Waals surface area (Å²) >= 11 is 0. The van der Waals surface area contributed by atoms with Gasteiger partial charge < -0.3 is 10.0 Å². The molecule has 0 aromatic heterocycles. The van der Waals surface area contributed by atoms with Crippen LogP contribution in [0.15, 0.2) is 18.2 Å². The molecule has 3 heteroatoms. The van der Waals surface area contributed by atoms with Gasteiger partial charge in [0, 0.05) is 18.8 Å². The van der Waals surface area contributed by atoms with E-state index in [0.717, 1.165) is 31.5 Å². The number of nitrogens with zero attached hydrogens (tertiary/aromatic N) is 1. The van der Waals surface area contributed by atoms with Gasteiger partial charge in [0.1, 0.15) is 0 Å². The van der Waals surface area contributed by atoms with Crippen molar-refractivity contribution in [2.24, 2.45) is 0 Å². The van der Waals surface area contributed by atoms with Crippen molar-refractivity contribution in [2.45, 2.75) is 31.6 Å². The maximum absolute atomic E-state index is 11.3. The molecule has 1 unspecified atom stereocenters. The van der Waals surface area contributed by atoms with Crippen LogP contribution < -0.4 is 4.90 Å². The third kappa shape index (κ3) is 1.70. The molecule has 3 nitrogen and oxygen atoms in total. The van der Waals surface area contributed by atoms with Crippen LogP contribution in [-0.4, -0.2) is 24.2 Å². The predicted molar refractivity (Wildman–Crippen MR) is 66.6 cm³/mol. The topological polar surface area (TPSA) is 40.5 Å². The zero-order valence-electron chi connectivity index (χ0n) is 9.85. The Morgan fingerprint density at radius 2 is 2.06 bits per heavy atom. The maximum Gasteiger partial charge on any atom is 0.311 e. The lowest BCUT2D eigenvalue weighted by Gasteiger charge is -2.22. The van der Waals surface area contributed by atoms with Gasteiger partial charge in [0.05, 0.1) is 5.92 Å². The van der Waals surface area contributed by atoms with Gasteiger partial charge in [-0.3, -0.25) is 4.79 Å². The Labute approximate surface area is 101 Å². The van der Waals surface area contributed by atoms with Gasteiger partial charge in [0.15, 0.2) is 0 Å². The minimum atomic E-state index is -0.671. The normalized spacial score (nSPS) is 22.8. The highest BCUT2D eigenvalue weighted by atomic mass is 16.4. The first-order valence-corrected chi connectivity index (χ1v) is 6.37. The number of anilines is 1. The van der Waals surface area contributed by atoms with Crippen molar-refractivity contribution < 1.29 is 9.90 Å². The molecular weight excluding hydrogens is 214 g/mol. The summed E-state index contributed by atoms with van der Waals surface area (Å²) < 4.78 is 0. The molecule has 1 saturated heterocycles. The summed E-state index contributed by atoms with van der Waals surface area (Å²) in [5.41, 5.74) is 3.49. The van der Waals surface area contributed by atoms with Gasteiger partial charge in [-0.05, 0) is 42.9 Å². The van der Waals surface area contributed by atoms with Crippen molar-refractivity contribution >= 4 is 11.7 Å². The lowest BCUT2D eigenvalue weighted by Crippen LogP contribution is -2.21. The summed E-state index contributed by atoms with van der Waals surface area (Å²) in [6.07, 6.45) is 4.12. The van der Waals surface area contributed by atoms with E-state index in [9.17, 15) is 9.90 Å². The number of hydrogen-bond donors (Lipinski definition) is 1. The Kier molecular flexibility index (Phi) is 2.54. The van der Waals surface area contributed by atoms with Gasteiger partial charge >= 0.3 is 5.97 Å². The van der Waals surface area contributed by atoms with Gasteiger partial charge in [-0.15, -0.1) is 0 Å². The van der Waals surface area contributed by atoms with Gasteiger partial charge in [-0.1, -0.05) is 12.1 Å². The second kappa shape index (κ2) is 4.06. The summed E-state index contributed by atoms with van der Waals surface area (Å²) in [4.78, 5) is 13.7. The monoisotopic (exact) mass is 231 g/mol. The lowest BCUT2D eigenvalue weighted by molar-refractivity contribution is -0.138. The van der Waals surface area contributed by atoms with E-state index in [1.54, 1.807) is 0 Å². The Bertz CT molecular complexity index is 450. The number of aryl methyl sites for hydroxylation is 1. The van der Waals surface area contributed by atoms with Gasteiger partial charge in [-0.2, -0.15) is 0 Å². The van der Waals surface area contributed by atoms with E-state index in [0.29, 0.717) is 0 Å². The van der Waals surface area contributed by atoms with E-state index in [1.807, 2.05) is 0 Å². The third-order valence-electron chi connectivity index (χ3n) is 3.97. The molecule has 17 heavy (non-hydrogen) atoms. The second-order valence-electron chi connectivity index (χ2n) is 4.97. The molecule has 1 fully saturated rings. The molecule has 1 aromatic rings. The van der Waals surface area contributed by atoms with Crippen molar-refractivity contribution in [3.8, 4) is 0 Å². The van der Waals surface area contributed by atoms with Crippen molar-refractivity contribution in [3.05, 3.63) is 29.3 Å². The molecule has 0 amide bonds. The van der Waals surface area contributed by atoms with Crippen LogP contribution in [0.2, 0.25) is 0 Å². The first kappa shape index (κ1) is 10.6. The summed E-state index contributed by atoms with van der Waals surface area (Å²) in [5.74, 6) is -0.961. The molecule has 1 aliphatic carbocycles. The van der Waals surface area contributed by atoms with Crippen molar-refractivity contribution in [1.29, 1.82) is 0 Å². The number of carboxylic acids is 1. The number of rotatable bonds is 2. The largest absolute Gasteiger partial charge is 0.481 e. The van der Waals surface area contributed by atoms with Crippen LogP contribution in [0.5, 0.6) is 0 Å². The fraction of sp³-hybridized carbons (Fsp3) is 0.500. The highest BCUT2D eigenvalue weighted by Gasteiger charge is 2.32. The molecular formula is C14H17NO2. The highest BCUT2D eigenvalue weighted by molar-refractivity contribution is 5.81. The summed E-state index contributed by atoms with van der Waals surface area (Å²) in [7, 11) is 0. The quantitative estimate of drug-likeness (QED) is 0.849. The lowest BCUT2D eigenvalue weighted by atomic mass is 9.99. The van der Waals surface area contributed by atoms with E-state index >= 15 is 0 Å². The van der Waals surface area contributed by atoms with Crippen LogP contribution in [0.4, 0.5) is 5.69 Å². The van der Waals surface area contributed by atoms with Gasteiger partial charge in [-0.25, -0.2) is 0 Å². The van der Waals surface area contributed by atoms with Crippen LogP contribution in [-0.2, 0) is 11.2 Å². The number of carboxylic acid groups (broad SMARTS) is 1. The van der Waals surface area contributed by atoms with Crippen molar-refractivity contribution in [1.82, 2.24) is 0 Å². The third-order valence-corrected chi connectivity index (χ3v) is 3.97. The number of carbonyl (C=O) groups is 1. The standard InChI is InChI=1S/C14H17NO2/c16-14(17)11-7-6-10-4-3-5-12(13(10)11)15-8-1-2-9-15/h3-5,11H,1-2,6-9H2,(H,16,17). The molecule has 0 radical (unpaired) electrons. The molecule has 1 atom stereocenters. The molecule has 0 saturated carbocycles. The second-order valence-corrected chi connectivity index (χ2v) is 4.97. The van der Waals surface area contributed by atoms with Crippen LogP contribution in [0, 0.1) is 0 Å². The molecule has 2 aliphatic rings. The molecule has 1 N–H and O–H groups in total. The first-order chi connectivity index (χ1) is 8.27. The zero-order valence-corrected chi connectivity index (χ0v) is 9.85. The SMILES string of the molecule is O=C(O)C1CCc2cccc(N3CCCC3)c21. The molecule has 1 aromatic carbocycles. The average molecular weight is 231 g/mol. The van der Waals surface area contributed by atoms with Crippen molar-refractivity contribution in [2.75, 3.05) is 18.0 Å². The van der Waals surface area contributed by atoms with E-state index in [-0.39, 0.29) is 5.92 Å². The maximum atomic E-state index is 11.3. The molecule has 1 aliphatic heterocycles. The average Bonchev–Trinajstić information content (AvgIpc) is 2.97. The molecule has 0 bridgehead atoms. The van der Waals surface area contributed by atoms with Crippen LogP contribution in [0.1, 0.15) is 36.3 Å². The summed E-state index contributed by atoms with van der Waals surface area (Å²) in [6.45, 7) is 2.14. The zero-order chi connectivity index (χ0) is 11.8. The first-order valence-electron chi connectivity index (χ1n) is 6.37. The Hall–Kier alpha value is -1.51. The highest BCUT2D eigenvalue weighted by Crippen LogP contribution is 2.40. The van der Waals surface area contributed by atoms with Crippen molar-refractivity contribution in [3.63, 3.8) is 0 Å². The molecule has 1 heterocycles. The number of fused-ring (bicyclic) bond motifs is 1. The molecule has 3 rings (SSSR count). The molecule has 0 spiro atoms. The number of benzene rings is 1. The van der Waals surface area contributed by atoms with E-state index < -0.39 is 5.97 Å². The fourth-order valence-electron chi connectivity index (χ4n) is 3.14. The van der Waals surface area contributed by atoms with Crippen LogP contribution in [0.25, 0.3) is 0 Å². The van der Waals surface area contributed by atoms with Gasteiger partial charge in [0.25, 0.3) is 0 Å². The van der Waals surface area contributed by atoms with Gasteiger partial charge in [0.2, 0.25) is 0 Å². The Morgan fingerprint density at radius 3 is 2.76 bits per heavy atom. The van der Waals surface area contributed by atoms with E-state index in [4.69, 9.17) is 0 Å². The summed E-state index contributed by atoms with van der Waals surface area (Å²) in [5, 5.41) is 9.31. The van der Waals surface area contributed by atoms with Crippen LogP contribution in [0.3, 0.4) is 0 Å². The minimum Gasteiger partial charge on any atom is -0.481 e. The fourth-order valence-corrected chi connectivity index (χ4v) is 3.14. The Balaban J connectivity index is 2.05. The van der Waals surface area contributed by atoms with E-state index in [2.05, 4.69) is 23.1 Å². The van der Waals surface area contributed by atoms with E-state index in [1.165, 1.54) is 24.1 Å². The number of aliphatic carboxylic acids is 1. The number of hydrogen-bond acceptors (Lipinski definition) is 2. The minimum absolute atomic E-state index is 0.290. The molecule has 90 valence electrons. The van der Waals surface area contributed by atoms with Crippen LogP contribution >= 0.6 is 0 Å². The smallest absolute Gasteiger partial charge is 0.311 e. The predicted octanol–water partition coefficient (Wildman–Crippen LogP) is 2.40. The summed E-state index contributed by atoms with van der Waals surface area (Å²) in [6, 6.07) is 6.24. The Morgan fingerprint density at radius 1 is 1.29 bits per heavy atom.